The van der Waals surface area contributed by atoms with Crippen LogP contribution in [0.25, 0.3) is 0 Å². The third kappa shape index (κ3) is 8.71. The number of hydrogen-bond donors (Lipinski definition) is 4. The predicted molar refractivity (Wildman–Crippen MR) is 139 cm³/mol. The third-order valence-corrected chi connectivity index (χ3v) is 7.36. The fraction of sp³-hybridized carbons (Fsp3) is 0.679. The number of carbonyl (C=O) groups excluding carboxylic acids is 2. The van der Waals surface area contributed by atoms with Gasteiger partial charge >= 0.3 is 11.9 Å². The van der Waals surface area contributed by atoms with Gasteiger partial charge in [-0.1, -0.05) is 30.7 Å². The van der Waals surface area contributed by atoms with Gasteiger partial charge < -0.3 is 39.6 Å². The Hall–Kier alpha value is -2.57. The van der Waals surface area contributed by atoms with Crippen molar-refractivity contribution in [3.8, 4) is 0 Å². The van der Waals surface area contributed by atoms with Crippen molar-refractivity contribution >= 4 is 17.8 Å². The fourth-order valence-corrected chi connectivity index (χ4v) is 5.17. The van der Waals surface area contributed by atoms with Crippen LogP contribution in [-0.2, 0) is 33.3 Å². The highest BCUT2D eigenvalue weighted by atomic mass is 16.7. The molecule has 0 aromatic carbocycles. The Morgan fingerprint density at radius 3 is 2.51 bits per heavy atom. The van der Waals surface area contributed by atoms with Crippen LogP contribution in [0.1, 0.15) is 60.3 Å². The maximum atomic E-state index is 12.3. The SMILES string of the molecule is CC(=O)O[C@@H](C)/C=C\C(=O)N[C@@H]1C[C@H](C)[C@H](C/C=C(C)/C=C/[C@H]2OC(O)(CC(=O)O)C[C@@]3(CO3)[C@@H]2O)O[C@@H]1C. The average Bonchev–Trinajstić information content (AvgIpc) is 3.59. The second-order valence-corrected chi connectivity index (χ2v) is 11.0. The van der Waals surface area contributed by atoms with E-state index in [1.54, 1.807) is 19.1 Å². The molecule has 3 heterocycles. The summed E-state index contributed by atoms with van der Waals surface area (Å²) in [5.74, 6) is -3.64. The first kappa shape index (κ1) is 31.0. The molecule has 0 saturated carbocycles. The molecule has 0 aliphatic carbocycles. The summed E-state index contributed by atoms with van der Waals surface area (Å²) in [7, 11) is 0. The van der Waals surface area contributed by atoms with E-state index in [1.165, 1.54) is 19.1 Å². The van der Waals surface area contributed by atoms with Gasteiger partial charge in [-0.25, -0.2) is 0 Å². The van der Waals surface area contributed by atoms with Gasteiger partial charge in [0.25, 0.3) is 0 Å². The van der Waals surface area contributed by atoms with Crippen LogP contribution in [0.15, 0.2) is 36.0 Å². The summed E-state index contributed by atoms with van der Waals surface area (Å²) in [6.07, 6.45) is 6.23. The minimum Gasteiger partial charge on any atom is -0.481 e. The van der Waals surface area contributed by atoms with Crippen LogP contribution in [0.4, 0.5) is 0 Å². The lowest BCUT2D eigenvalue weighted by Gasteiger charge is -2.41. The van der Waals surface area contributed by atoms with Crippen LogP contribution < -0.4 is 5.32 Å². The predicted octanol–water partition coefficient (Wildman–Crippen LogP) is 1.77. The lowest BCUT2D eigenvalue weighted by molar-refractivity contribution is -0.284. The maximum absolute atomic E-state index is 12.3. The lowest BCUT2D eigenvalue weighted by Crippen LogP contribution is -2.56. The quantitative estimate of drug-likeness (QED) is 0.136. The first-order valence-electron chi connectivity index (χ1n) is 13.3. The van der Waals surface area contributed by atoms with Crippen molar-refractivity contribution in [2.45, 2.75) is 108 Å². The number of amides is 1. The first-order valence-corrected chi connectivity index (χ1v) is 13.3. The number of epoxide rings is 1. The molecule has 4 N–H and O–H groups in total. The highest BCUT2D eigenvalue weighted by molar-refractivity contribution is 5.87. The third-order valence-electron chi connectivity index (χ3n) is 7.36. The average molecular weight is 552 g/mol. The summed E-state index contributed by atoms with van der Waals surface area (Å²) < 4.78 is 22.2. The molecule has 39 heavy (non-hydrogen) atoms. The molecule has 1 spiro atoms. The van der Waals surface area contributed by atoms with Crippen LogP contribution in [0.2, 0.25) is 0 Å². The van der Waals surface area contributed by atoms with E-state index < -0.39 is 48.1 Å². The molecule has 1 amide bonds. The fourth-order valence-electron chi connectivity index (χ4n) is 5.17. The Kier molecular flexibility index (Phi) is 10.1. The van der Waals surface area contributed by atoms with E-state index >= 15 is 0 Å². The zero-order valence-electron chi connectivity index (χ0n) is 23.2. The van der Waals surface area contributed by atoms with E-state index in [0.29, 0.717) is 6.42 Å². The molecule has 218 valence electrons. The van der Waals surface area contributed by atoms with E-state index in [2.05, 4.69) is 12.2 Å². The standard InChI is InChI=1S/C28H41NO10/c1-16(7-10-23-26(34)27(15-36-27)14-28(35,39-23)13-25(32)33)6-9-22-17(2)12-21(19(4)38-22)29-24(31)11-8-18(3)37-20(5)30/h6-8,10-11,17-19,21-23,26,34-35H,9,12-15H2,1-5H3,(H,29,31)(H,32,33)/b10-7+,11-8-,16-6+/t17-,18-,19+,21+,22-,23+,26+,27+,28?/m0/s1. The molecule has 11 nitrogen and oxygen atoms in total. The van der Waals surface area contributed by atoms with Gasteiger partial charge in [-0.3, -0.25) is 14.4 Å². The van der Waals surface area contributed by atoms with Crippen molar-refractivity contribution in [3.63, 3.8) is 0 Å². The molecule has 3 saturated heterocycles. The second-order valence-electron chi connectivity index (χ2n) is 11.0. The van der Waals surface area contributed by atoms with Crippen LogP contribution in [0.5, 0.6) is 0 Å². The highest BCUT2D eigenvalue weighted by Crippen LogP contribution is 2.46. The van der Waals surface area contributed by atoms with Gasteiger partial charge in [-0.15, -0.1) is 0 Å². The first-order chi connectivity index (χ1) is 18.2. The number of hydrogen-bond acceptors (Lipinski definition) is 9. The number of allylic oxidation sites excluding steroid dienone is 2. The number of aliphatic hydroxyl groups is 2. The van der Waals surface area contributed by atoms with Crippen molar-refractivity contribution in [2.75, 3.05) is 6.61 Å². The molecule has 3 rings (SSSR count). The summed E-state index contributed by atoms with van der Waals surface area (Å²) in [6, 6.07) is -0.158. The molecule has 0 aromatic heterocycles. The molecule has 3 fully saturated rings. The smallest absolute Gasteiger partial charge is 0.308 e. The van der Waals surface area contributed by atoms with Gasteiger partial charge in [0.05, 0.1) is 31.3 Å². The molecule has 3 aliphatic heterocycles. The molecular weight excluding hydrogens is 510 g/mol. The summed E-state index contributed by atoms with van der Waals surface area (Å²) in [4.78, 5) is 34.5. The number of carboxylic acid groups (broad SMARTS) is 1. The topological polar surface area (TPSA) is 164 Å². The molecule has 0 bridgehead atoms. The van der Waals surface area contributed by atoms with E-state index in [1.807, 2.05) is 19.9 Å². The van der Waals surface area contributed by atoms with Gasteiger partial charge in [0, 0.05) is 19.4 Å². The van der Waals surface area contributed by atoms with Crippen molar-refractivity contribution in [2.24, 2.45) is 5.92 Å². The van der Waals surface area contributed by atoms with Crippen LogP contribution in [0.3, 0.4) is 0 Å². The van der Waals surface area contributed by atoms with Crippen LogP contribution in [-0.4, -0.2) is 87.7 Å². The van der Waals surface area contributed by atoms with E-state index in [4.69, 9.17) is 24.1 Å². The number of rotatable bonds is 10. The Balaban J connectivity index is 1.52. The van der Waals surface area contributed by atoms with Gasteiger partial charge in [0.1, 0.15) is 23.9 Å². The van der Waals surface area contributed by atoms with Crippen molar-refractivity contribution < 1.29 is 48.7 Å². The van der Waals surface area contributed by atoms with Crippen molar-refractivity contribution in [3.05, 3.63) is 36.0 Å². The van der Waals surface area contributed by atoms with Gasteiger partial charge in [0.2, 0.25) is 5.91 Å². The summed E-state index contributed by atoms with van der Waals surface area (Å²) in [5, 5.41) is 33.4. The Labute approximate surface area is 228 Å². The van der Waals surface area contributed by atoms with Gasteiger partial charge in [0.15, 0.2) is 5.79 Å². The van der Waals surface area contributed by atoms with Crippen LogP contribution >= 0.6 is 0 Å². The molecule has 11 heteroatoms. The molecule has 1 unspecified atom stereocenters. The minimum atomic E-state index is -1.92. The Bertz CT molecular complexity index is 1000. The monoisotopic (exact) mass is 551 g/mol. The zero-order valence-corrected chi connectivity index (χ0v) is 23.2. The van der Waals surface area contributed by atoms with Crippen molar-refractivity contribution in [1.29, 1.82) is 0 Å². The number of aliphatic carboxylic acids is 1. The normalized spacial score (nSPS) is 37.7. The Morgan fingerprint density at radius 2 is 1.90 bits per heavy atom. The molecule has 0 aromatic rings. The molecule has 3 aliphatic rings. The van der Waals surface area contributed by atoms with Crippen LogP contribution in [0, 0.1) is 5.92 Å². The van der Waals surface area contributed by atoms with Gasteiger partial charge in [-0.2, -0.15) is 0 Å². The largest absolute Gasteiger partial charge is 0.481 e. The number of carboxylic acids is 1. The number of nitrogens with one attached hydrogen (secondary N) is 1. The van der Waals surface area contributed by atoms with E-state index in [0.717, 1.165) is 12.0 Å². The van der Waals surface area contributed by atoms with E-state index in [9.17, 15) is 24.6 Å². The number of ether oxygens (including phenoxy) is 4. The molecule has 9 atom stereocenters. The maximum Gasteiger partial charge on any atom is 0.308 e. The molecule has 0 radical (unpaired) electrons. The van der Waals surface area contributed by atoms with Gasteiger partial charge in [-0.05, 0) is 45.6 Å². The number of aliphatic hydroxyl groups excluding tert-OH is 1. The van der Waals surface area contributed by atoms with Crippen molar-refractivity contribution in [1.82, 2.24) is 5.32 Å². The Morgan fingerprint density at radius 1 is 1.21 bits per heavy atom. The second kappa shape index (κ2) is 12.7. The summed E-state index contributed by atoms with van der Waals surface area (Å²) >= 11 is 0. The highest BCUT2D eigenvalue weighted by Gasteiger charge is 2.62. The minimum absolute atomic E-state index is 0.0589. The molecular formula is C28H41NO10. The zero-order chi connectivity index (χ0) is 29.0. The summed E-state index contributed by atoms with van der Waals surface area (Å²) in [5.41, 5.74) is -0.103. The number of carbonyl (C=O) groups is 3. The summed E-state index contributed by atoms with van der Waals surface area (Å²) in [6.45, 7) is 9.10. The lowest BCUT2D eigenvalue weighted by atomic mass is 9.85. The van der Waals surface area contributed by atoms with E-state index in [-0.39, 0.29) is 43.1 Å². The number of esters is 1.